The van der Waals surface area contributed by atoms with E-state index in [2.05, 4.69) is 72.8 Å². The Morgan fingerprint density at radius 1 is 0.593 bits per heavy atom. The third kappa shape index (κ3) is 1.98. The Hall–Kier alpha value is -2.64. The van der Waals surface area contributed by atoms with Crippen molar-refractivity contribution in [3.8, 4) is 0 Å². The molecule has 2 aliphatic carbocycles. The zero-order chi connectivity index (χ0) is 18.3. The highest BCUT2D eigenvalue weighted by molar-refractivity contribution is 5.99. The van der Waals surface area contributed by atoms with Crippen LogP contribution in [0, 0.1) is 5.92 Å². The van der Waals surface area contributed by atoms with E-state index in [1.54, 1.807) is 0 Å². The molecule has 27 heavy (non-hydrogen) atoms. The maximum atomic E-state index is 11.0. The fraction of sp³-hybridized carbons (Fsp3) is 0.231. The van der Waals surface area contributed by atoms with Crippen LogP contribution in [-0.2, 0) is 0 Å². The molecule has 0 heterocycles. The van der Waals surface area contributed by atoms with Crippen molar-refractivity contribution in [3.05, 3.63) is 95.1 Å². The first-order valence-corrected chi connectivity index (χ1v) is 9.80. The van der Waals surface area contributed by atoms with E-state index in [1.165, 1.54) is 43.8 Å². The molecule has 0 fully saturated rings. The first-order chi connectivity index (χ1) is 13.0. The minimum Gasteiger partial charge on any atom is -0.390 e. The summed E-state index contributed by atoms with van der Waals surface area (Å²) in [5, 5.41) is 16.2. The van der Waals surface area contributed by atoms with Crippen molar-refractivity contribution < 1.29 is 5.11 Å². The van der Waals surface area contributed by atoms with Crippen LogP contribution in [-0.4, -0.2) is 10.7 Å². The minimum absolute atomic E-state index is 0.205. The van der Waals surface area contributed by atoms with Gasteiger partial charge in [-0.25, -0.2) is 0 Å². The topological polar surface area (TPSA) is 20.2 Å². The zero-order valence-electron chi connectivity index (χ0n) is 15.6. The molecule has 0 aromatic heterocycles. The fourth-order valence-electron chi connectivity index (χ4n) is 5.76. The van der Waals surface area contributed by atoms with Gasteiger partial charge < -0.3 is 5.11 Å². The maximum absolute atomic E-state index is 11.0. The summed E-state index contributed by atoms with van der Waals surface area (Å²) in [6.07, 6.45) is 0. The van der Waals surface area contributed by atoms with Crippen molar-refractivity contribution in [2.75, 3.05) is 0 Å². The summed E-state index contributed by atoms with van der Waals surface area (Å²) >= 11 is 0. The lowest BCUT2D eigenvalue weighted by Gasteiger charge is -2.30. The summed E-state index contributed by atoms with van der Waals surface area (Å²) < 4.78 is 0. The Labute approximate surface area is 159 Å². The molecule has 0 radical (unpaired) electrons. The Balaban J connectivity index is 1.66. The van der Waals surface area contributed by atoms with Crippen LogP contribution in [0.1, 0.15) is 47.9 Å². The van der Waals surface area contributed by atoms with E-state index in [0.717, 1.165) is 0 Å². The molecule has 3 atom stereocenters. The highest BCUT2D eigenvalue weighted by Gasteiger charge is 2.54. The third-order valence-electron chi connectivity index (χ3n) is 6.78. The predicted octanol–water partition coefficient (Wildman–Crippen LogP) is 5.97. The van der Waals surface area contributed by atoms with Crippen LogP contribution in [0.4, 0.5) is 0 Å². The maximum Gasteiger partial charge on any atom is 0.0637 e. The molecule has 4 aromatic carbocycles. The van der Waals surface area contributed by atoms with Crippen LogP contribution in [0.25, 0.3) is 21.5 Å². The largest absolute Gasteiger partial charge is 0.390 e. The average molecular weight is 350 g/mol. The molecule has 1 unspecified atom stereocenters. The van der Waals surface area contributed by atoms with E-state index in [4.69, 9.17) is 0 Å². The van der Waals surface area contributed by atoms with Crippen molar-refractivity contribution in [1.29, 1.82) is 0 Å². The number of hydrogen-bond acceptors (Lipinski definition) is 1. The van der Waals surface area contributed by atoms with Gasteiger partial charge in [-0.05, 0) is 69.8 Å². The van der Waals surface area contributed by atoms with Gasteiger partial charge in [-0.3, -0.25) is 0 Å². The van der Waals surface area contributed by atoms with Gasteiger partial charge in [0.1, 0.15) is 0 Å². The van der Waals surface area contributed by atoms with Gasteiger partial charge in [-0.2, -0.15) is 0 Å². The Bertz CT molecular complexity index is 1140. The van der Waals surface area contributed by atoms with Crippen molar-refractivity contribution in [1.82, 2.24) is 0 Å². The quantitative estimate of drug-likeness (QED) is 0.419. The molecule has 1 heteroatoms. The van der Waals surface area contributed by atoms with Gasteiger partial charge in [0.2, 0.25) is 0 Å². The van der Waals surface area contributed by atoms with E-state index in [1.807, 2.05) is 13.8 Å². The highest BCUT2D eigenvalue weighted by Crippen LogP contribution is 2.63. The van der Waals surface area contributed by atoms with E-state index in [0.29, 0.717) is 0 Å². The van der Waals surface area contributed by atoms with Gasteiger partial charge in [-0.15, -0.1) is 0 Å². The number of rotatable bonds is 1. The molecule has 2 aliphatic rings. The molecule has 0 spiro atoms. The van der Waals surface area contributed by atoms with Crippen LogP contribution in [0.2, 0.25) is 0 Å². The highest BCUT2D eigenvalue weighted by atomic mass is 16.3. The molecule has 0 aliphatic heterocycles. The van der Waals surface area contributed by atoms with Crippen LogP contribution < -0.4 is 0 Å². The van der Waals surface area contributed by atoms with Gasteiger partial charge >= 0.3 is 0 Å². The first-order valence-electron chi connectivity index (χ1n) is 9.80. The van der Waals surface area contributed by atoms with Crippen LogP contribution in [0.3, 0.4) is 0 Å². The summed E-state index contributed by atoms with van der Waals surface area (Å²) in [7, 11) is 0. The van der Waals surface area contributed by atoms with Crippen molar-refractivity contribution in [3.63, 3.8) is 0 Å². The number of aliphatic hydroxyl groups is 1. The summed E-state index contributed by atoms with van der Waals surface area (Å²) in [5.41, 5.74) is 4.91. The van der Waals surface area contributed by atoms with E-state index in [-0.39, 0.29) is 17.8 Å². The Kier molecular flexibility index (Phi) is 2.85. The lowest BCUT2D eigenvalue weighted by molar-refractivity contribution is 0.0132. The Morgan fingerprint density at radius 3 is 1.48 bits per heavy atom. The van der Waals surface area contributed by atoms with E-state index in [9.17, 15) is 5.11 Å². The lowest BCUT2D eigenvalue weighted by atomic mass is 9.79. The minimum atomic E-state index is -0.718. The molecule has 4 aromatic rings. The molecular weight excluding hydrogens is 328 g/mol. The van der Waals surface area contributed by atoms with Crippen molar-refractivity contribution in [2.45, 2.75) is 31.3 Å². The van der Waals surface area contributed by atoms with Crippen molar-refractivity contribution in [2.24, 2.45) is 5.92 Å². The molecule has 132 valence electrons. The lowest BCUT2D eigenvalue weighted by Crippen LogP contribution is -2.33. The second-order valence-electron chi connectivity index (χ2n) is 8.79. The molecule has 0 saturated heterocycles. The van der Waals surface area contributed by atoms with Gasteiger partial charge in [-0.1, -0.05) is 60.7 Å². The first kappa shape index (κ1) is 15.4. The molecule has 2 bridgehead atoms. The molecule has 1 nitrogen and oxygen atoms in total. The predicted molar refractivity (Wildman–Crippen MR) is 111 cm³/mol. The summed E-state index contributed by atoms with van der Waals surface area (Å²) in [4.78, 5) is 0. The molecular formula is C26H22O. The normalized spacial score (nSPS) is 23.0. The van der Waals surface area contributed by atoms with Crippen LogP contribution in [0.15, 0.2) is 72.8 Å². The summed E-state index contributed by atoms with van der Waals surface area (Å²) in [5.74, 6) is 0.783. The SMILES string of the molecule is CC(C)(O)C1[C@@H]2c3ccccc3[C@H]1c1cc3cc4ccccc4cc3cc12. The zero-order valence-corrected chi connectivity index (χ0v) is 15.6. The fourth-order valence-corrected chi connectivity index (χ4v) is 5.76. The number of fused-ring (bicyclic) bond motifs is 10. The molecule has 0 saturated carbocycles. The van der Waals surface area contributed by atoms with E-state index < -0.39 is 5.60 Å². The van der Waals surface area contributed by atoms with Crippen LogP contribution in [0.5, 0.6) is 0 Å². The van der Waals surface area contributed by atoms with Crippen LogP contribution >= 0.6 is 0 Å². The standard InChI is InChI=1S/C26H22O/c1-26(2,27)25-23-19-9-5-6-10-20(19)24(25)22-14-18-12-16-8-4-3-7-15(16)11-17(18)13-21(22)23/h3-14,23-25,27H,1-2H3/t23-,24+,25?. The van der Waals surface area contributed by atoms with Gasteiger partial charge in [0.15, 0.2) is 0 Å². The van der Waals surface area contributed by atoms with Gasteiger partial charge in [0, 0.05) is 17.8 Å². The molecule has 1 N–H and O–H groups in total. The number of benzene rings is 4. The Morgan fingerprint density at radius 2 is 1.04 bits per heavy atom. The third-order valence-corrected chi connectivity index (χ3v) is 6.78. The summed E-state index contributed by atoms with van der Waals surface area (Å²) in [6, 6.07) is 26.7. The molecule has 6 rings (SSSR count). The van der Waals surface area contributed by atoms with E-state index >= 15 is 0 Å². The average Bonchev–Trinajstić information content (AvgIpc) is 3.17. The van der Waals surface area contributed by atoms with Crippen molar-refractivity contribution >= 4 is 21.5 Å². The second-order valence-corrected chi connectivity index (χ2v) is 8.79. The summed E-state index contributed by atoms with van der Waals surface area (Å²) in [6.45, 7) is 3.95. The second kappa shape index (κ2) is 4.99. The van der Waals surface area contributed by atoms with Gasteiger partial charge in [0.05, 0.1) is 5.60 Å². The molecule has 0 amide bonds. The number of hydrogen-bond donors (Lipinski definition) is 1. The van der Waals surface area contributed by atoms with Gasteiger partial charge in [0.25, 0.3) is 0 Å². The monoisotopic (exact) mass is 350 g/mol. The smallest absolute Gasteiger partial charge is 0.0637 e.